The average molecular weight is 433 g/mol. The van der Waals surface area contributed by atoms with E-state index in [2.05, 4.69) is 36.8 Å². The number of nitrogens with two attached hydrogens (primary N) is 2. The molecule has 9 heteroatoms. The Kier molecular flexibility index (Phi) is 12.6. The molecule has 0 saturated heterocycles. The lowest BCUT2D eigenvalue weighted by atomic mass is 9.78. The highest BCUT2D eigenvalue weighted by molar-refractivity contribution is 6.87. The van der Waals surface area contributed by atoms with Gasteiger partial charge in [0.2, 0.25) is 5.91 Å². The summed E-state index contributed by atoms with van der Waals surface area (Å²) < 4.78 is 6.37. The smallest absolute Gasteiger partial charge is 0.219 e. The van der Waals surface area contributed by atoms with Crippen LogP contribution in [0.1, 0.15) is 32.6 Å². The summed E-state index contributed by atoms with van der Waals surface area (Å²) in [6.07, 6.45) is 3.77. The van der Waals surface area contributed by atoms with E-state index in [1.807, 2.05) is 7.05 Å². The maximum atomic E-state index is 12.7. The van der Waals surface area contributed by atoms with E-state index in [4.69, 9.17) is 15.6 Å². The number of hydrogen-bond donors (Lipinski definition) is 4. The van der Waals surface area contributed by atoms with Crippen LogP contribution in [-0.4, -0.2) is 61.6 Å². The predicted octanol–water partition coefficient (Wildman–Crippen LogP) is 1.80. The fraction of sp³-hybridized carbons (Fsp3) is 0.895. The lowest BCUT2D eigenvalue weighted by Crippen LogP contribution is -2.49. The van der Waals surface area contributed by atoms with Crippen molar-refractivity contribution in [1.82, 2.24) is 10.6 Å². The van der Waals surface area contributed by atoms with Gasteiger partial charge in [0.05, 0.1) is 0 Å². The third kappa shape index (κ3) is 12.1. The molecule has 6 N–H and O–H groups in total. The molecule has 1 amide bonds. The van der Waals surface area contributed by atoms with Gasteiger partial charge in [-0.05, 0) is 78.9 Å². The summed E-state index contributed by atoms with van der Waals surface area (Å²) in [5.74, 6) is 0.188. The van der Waals surface area contributed by atoms with Gasteiger partial charge in [0.1, 0.15) is 5.78 Å². The highest BCUT2D eigenvalue weighted by Gasteiger charge is 2.36. The maximum absolute atomic E-state index is 12.7. The highest BCUT2D eigenvalue weighted by atomic mass is 28.4. The van der Waals surface area contributed by atoms with Crippen molar-refractivity contribution in [2.45, 2.75) is 70.9 Å². The van der Waals surface area contributed by atoms with Gasteiger partial charge in [-0.1, -0.05) is 0 Å². The number of amides is 1. The van der Waals surface area contributed by atoms with Crippen molar-refractivity contribution < 1.29 is 13.7 Å². The van der Waals surface area contributed by atoms with Crippen LogP contribution in [0.5, 0.6) is 0 Å². The minimum atomic E-state index is -2.19. The fourth-order valence-electron chi connectivity index (χ4n) is 4.03. The van der Waals surface area contributed by atoms with Crippen LogP contribution in [0.25, 0.3) is 0 Å². The molecular weight excluding hydrogens is 388 g/mol. The molecule has 7 nitrogen and oxygen atoms in total. The molecule has 0 aromatic rings. The first-order valence-electron chi connectivity index (χ1n) is 10.4. The SMILES string of the molecule is CNCC(CCCN)(CCCN)CNC(=O)C[Si](C)(C)O[Si](C)(C)CC(C)=O. The van der Waals surface area contributed by atoms with E-state index in [-0.39, 0.29) is 17.1 Å². The Hall–Kier alpha value is -0.586. The minimum Gasteiger partial charge on any atom is -0.455 e. The van der Waals surface area contributed by atoms with Gasteiger partial charge in [0.15, 0.2) is 16.6 Å². The Morgan fingerprint density at radius 3 is 1.86 bits per heavy atom. The number of nitrogens with one attached hydrogen (secondary N) is 2. The molecular formula is C19H44N4O3Si2. The molecule has 0 rings (SSSR count). The first-order chi connectivity index (χ1) is 12.9. The number of Topliss-reactive ketones (excluding diaryl/α,β-unsaturated/α-hetero) is 1. The number of rotatable bonds is 16. The van der Waals surface area contributed by atoms with E-state index >= 15 is 0 Å². The van der Waals surface area contributed by atoms with E-state index in [9.17, 15) is 9.59 Å². The fourth-order valence-corrected chi connectivity index (χ4v) is 12.7. The zero-order valence-corrected chi connectivity index (χ0v) is 21.0. The van der Waals surface area contributed by atoms with Gasteiger partial charge in [0.25, 0.3) is 0 Å². The van der Waals surface area contributed by atoms with E-state index < -0.39 is 16.6 Å². The third-order valence-corrected chi connectivity index (χ3v) is 11.8. The van der Waals surface area contributed by atoms with Crippen LogP contribution in [0.2, 0.25) is 38.3 Å². The lowest BCUT2D eigenvalue weighted by molar-refractivity contribution is -0.119. The van der Waals surface area contributed by atoms with Crippen molar-refractivity contribution in [3.63, 3.8) is 0 Å². The van der Waals surface area contributed by atoms with Crippen LogP contribution in [0.3, 0.4) is 0 Å². The Morgan fingerprint density at radius 1 is 0.929 bits per heavy atom. The zero-order valence-electron chi connectivity index (χ0n) is 19.0. The largest absolute Gasteiger partial charge is 0.455 e. The van der Waals surface area contributed by atoms with Gasteiger partial charge in [0, 0.05) is 30.6 Å². The number of carbonyl (C=O) groups is 2. The summed E-state index contributed by atoms with van der Waals surface area (Å²) >= 11 is 0. The first kappa shape index (κ1) is 27.4. The standard InChI is InChI=1S/C19H44N4O3Si2/c1-17(24)13-27(3,4)26-28(5,6)14-18(25)23-16-19(15-22-2,9-7-11-20)10-8-12-21/h22H,7-16,20-21H2,1-6H3,(H,23,25). The normalized spacial score (nSPS) is 12.9. The molecule has 166 valence electrons. The number of carbonyl (C=O) groups excluding carboxylic acids is 2. The second kappa shape index (κ2) is 12.9. The summed E-state index contributed by atoms with van der Waals surface area (Å²) in [5.41, 5.74) is 11.4. The summed E-state index contributed by atoms with van der Waals surface area (Å²) in [4.78, 5) is 24.2. The molecule has 0 aliphatic rings. The Morgan fingerprint density at radius 2 is 1.43 bits per heavy atom. The van der Waals surface area contributed by atoms with Gasteiger partial charge in [-0.3, -0.25) is 4.79 Å². The van der Waals surface area contributed by atoms with Crippen molar-refractivity contribution in [2.24, 2.45) is 16.9 Å². The van der Waals surface area contributed by atoms with E-state index in [0.717, 1.165) is 32.2 Å². The summed E-state index contributed by atoms with van der Waals surface area (Å²) in [6.45, 7) is 12.6. The van der Waals surface area contributed by atoms with Crippen LogP contribution >= 0.6 is 0 Å². The summed E-state index contributed by atoms with van der Waals surface area (Å²) in [7, 11) is -2.34. The molecule has 0 bridgehead atoms. The summed E-state index contributed by atoms with van der Waals surface area (Å²) in [5, 5.41) is 6.42. The van der Waals surface area contributed by atoms with Crippen molar-refractivity contribution >= 4 is 28.3 Å². The van der Waals surface area contributed by atoms with E-state index in [0.29, 0.717) is 31.7 Å². The van der Waals surface area contributed by atoms with Gasteiger partial charge < -0.3 is 31.0 Å². The molecule has 0 aliphatic carbocycles. The molecule has 0 atom stereocenters. The molecule has 0 saturated carbocycles. The monoisotopic (exact) mass is 432 g/mol. The molecule has 0 radical (unpaired) electrons. The molecule has 28 heavy (non-hydrogen) atoms. The maximum Gasteiger partial charge on any atom is 0.219 e. The van der Waals surface area contributed by atoms with Crippen molar-refractivity contribution in [3.8, 4) is 0 Å². The molecule has 0 unspecified atom stereocenters. The second-order valence-electron chi connectivity index (χ2n) is 9.27. The molecule has 0 aliphatic heterocycles. The van der Waals surface area contributed by atoms with Gasteiger partial charge in [-0.25, -0.2) is 0 Å². The molecule has 0 spiro atoms. The topological polar surface area (TPSA) is 119 Å². The van der Waals surface area contributed by atoms with Crippen LogP contribution in [0.4, 0.5) is 0 Å². The van der Waals surface area contributed by atoms with Crippen molar-refractivity contribution in [1.29, 1.82) is 0 Å². The van der Waals surface area contributed by atoms with Crippen LogP contribution in [0.15, 0.2) is 0 Å². The highest BCUT2D eigenvalue weighted by Crippen LogP contribution is 2.29. The minimum absolute atomic E-state index is 0.0294. The molecule has 0 fully saturated rings. The van der Waals surface area contributed by atoms with Crippen molar-refractivity contribution in [3.05, 3.63) is 0 Å². The first-order valence-corrected chi connectivity index (χ1v) is 16.6. The van der Waals surface area contributed by atoms with E-state index in [1.54, 1.807) is 6.92 Å². The molecule has 0 heterocycles. The third-order valence-electron chi connectivity index (χ3n) is 4.85. The number of hydrogen-bond acceptors (Lipinski definition) is 6. The van der Waals surface area contributed by atoms with Gasteiger partial charge in [-0.15, -0.1) is 0 Å². The number of ketones is 1. The molecule has 0 aromatic heterocycles. The zero-order chi connectivity index (χ0) is 21.8. The quantitative estimate of drug-likeness (QED) is 0.276. The lowest BCUT2D eigenvalue weighted by Gasteiger charge is -2.36. The van der Waals surface area contributed by atoms with Crippen LogP contribution in [0, 0.1) is 5.41 Å². The Labute approximate surface area is 174 Å². The van der Waals surface area contributed by atoms with Crippen molar-refractivity contribution in [2.75, 3.05) is 33.2 Å². The Balaban J connectivity index is 4.92. The summed E-state index contributed by atoms with van der Waals surface area (Å²) in [6, 6.07) is 0.902. The Bertz CT molecular complexity index is 480. The second-order valence-corrected chi connectivity index (χ2v) is 17.8. The van der Waals surface area contributed by atoms with Gasteiger partial charge >= 0.3 is 0 Å². The van der Waals surface area contributed by atoms with Crippen LogP contribution < -0.4 is 22.1 Å². The molecule has 0 aromatic carbocycles. The van der Waals surface area contributed by atoms with Crippen LogP contribution in [-0.2, 0) is 13.7 Å². The predicted molar refractivity (Wildman–Crippen MR) is 122 cm³/mol. The van der Waals surface area contributed by atoms with Gasteiger partial charge in [-0.2, -0.15) is 0 Å². The van der Waals surface area contributed by atoms with E-state index in [1.165, 1.54) is 0 Å². The average Bonchev–Trinajstić information content (AvgIpc) is 2.53.